The Hall–Kier alpha value is -2.84. The van der Waals surface area contributed by atoms with Gasteiger partial charge in [-0.15, -0.1) is 0 Å². The lowest BCUT2D eigenvalue weighted by molar-refractivity contribution is -0.384. The third-order valence-electron chi connectivity index (χ3n) is 2.69. The number of amides is 1. The van der Waals surface area contributed by atoms with Crippen molar-refractivity contribution in [3.8, 4) is 5.75 Å². The van der Waals surface area contributed by atoms with Crippen molar-refractivity contribution in [2.24, 2.45) is 5.73 Å². The molecule has 0 atom stereocenters. The first-order valence-corrected chi connectivity index (χ1v) is 6.46. The van der Waals surface area contributed by atoms with E-state index in [1.54, 1.807) is 0 Å². The van der Waals surface area contributed by atoms with Gasteiger partial charge in [0.2, 0.25) is 5.91 Å². The van der Waals surface area contributed by atoms with Gasteiger partial charge in [-0.25, -0.2) is 4.79 Å². The van der Waals surface area contributed by atoms with Gasteiger partial charge in [0, 0.05) is 18.2 Å². The molecule has 0 radical (unpaired) electrons. The minimum atomic E-state index is -0.840. The van der Waals surface area contributed by atoms with Gasteiger partial charge in [0.25, 0.3) is 5.69 Å². The van der Waals surface area contributed by atoms with Crippen molar-refractivity contribution in [3.63, 3.8) is 0 Å². The number of carbonyl (C=O) groups is 2. The lowest BCUT2D eigenvalue weighted by atomic mass is 10.1. The quantitative estimate of drug-likeness (QED) is 0.416. The fourth-order valence-corrected chi connectivity index (χ4v) is 1.62. The summed E-state index contributed by atoms with van der Waals surface area (Å²) in [6.07, 6.45) is 0.713. The number of nitrogens with two attached hydrogens (primary N) is 1. The lowest BCUT2D eigenvalue weighted by Crippen LogP contribution is -2.16. The fourth-order valence-electron chi connectivity index (χ4n) is 1.62. The molecule has 0 aliphatic heterocycles. The molecule has 120 valence electrons. The summed E-state index contributed by atoms with van der Waals surface area (Å²) in [5.74, 6) is -1.51. The molecule has 1 amide bonds. The highest BCUT2D eigenvalue weighted by atomic mass is 16.6. The summed E-state index contributed by atoms with van der Waals surface area (Å²) in [6, 6.07) is 2.31. The van der Waals surface area contributed by atoms with Gasteiger partial charge in [-0.2, -0.15) is 0 Å². The van der Waals surface area contributed by atoms with Crippen LogP contribution in [0.1, 0.15) is 23.7 Å². The zero-order valence-electron chi connectivity index (χ0n) is 12.3. The Morgan fingerprint density at radius 3 is 2.59 bits per heavy atom. The maximum Gasteiger partial charge on any atom is 0.343 e. The summed E-state index contributed by atoms with van der Waals surface area (Å²) in [6.45, 7) is 1.88. The molecule has 0 aromatic heterocycles. The van der Waals surface area contributed by atoms with Crippen LogP contribution < -0.4 is 15.8 Å². The van der Waals surface area contributed by atoms with Crippen LogP contribution in [-0.2, 0) is 9.53 Å². The number of nitrogens with one attached hydrogen (secondary N) is 1. The Morgan fingerprint density at radius 2 is 2.09 bits per heavy atom. The predicted molar refractivity (Wildman–Crippen MR) is 77.9 cm³/mol. The maximum absolute atomic E-state index is 11.3. The van der Waals surface area contributed by atoms with Gasteiger partial charge in [-0.1, -0.05) is 6.92 Å². The van der Waals surface area contributed by atoms with Gasteiger partial charge < -0.3 is 20.5 Å². The normalized spacial score (nSPS) is 9.91. The number of primary amides is 1. The Labute approximate surface area is 126 Å². The van der Waals surface area contributed by atoms with Crippen LogP contribution in [-0.4, -0.2) is 37.1 Å². The largest absolute Gasteiger partial charge is 0.479 e. The Balaban J connectivity index is 3.29. The molecule has 9 nitrogen and oxygen atoms in total. The van der Waals surface area contributed by atoms with Gasteiger partial charge in [0.05, 0.1) is 12.0 Å². The number of nitro groups is 1. The zero-order valence-corrected chi connectivity index (χ0v) is 12.3. The number of nitrogens with zero attached hydrogens (tertiary/aromatic N) is 1. The highest BCUT2D eigenvalue weighted by molar-refractivity contribution is 5.95. The van der Waals surface area contributed by atoms with E-state index < -0.39 is 23.4 Å². The van der Waals surface area contributed by atoms with Crippen LogP contribution in [0.4, 0.5) is 11.4 Å². The van der Waals surface area contributed by atoms with E-state index in [1.807, 2.05) is 6.92 Å². The van der Waals surface area contributed by atoms with Gasteiger partial charge >= 0.3 is 5.97 Å². The van der Waals surface area contributed by atoms with Gasteiger partial charge in [0.1, 0.15) is 0 Å². The first kappa shape index (κ1) is 17.2. The molecule has 1 aromatic rings. The minimum absolute atomic E-state index is 0.0122. The van der Waals surface area contributed by atoms with E-state index >= 15 is 0 Å². The molecule has 1 rings (SSSR count). The van der Waals surface area contributed by atoms with Crippen LogP contribution in [0.5, 0.6) is 5.75 Å². The molecular weight excluding hydrogens is 294 g/mol. The smallest absolute Gasteiger partial charge is 0.343 e. The van der Waals surface area contributed by atoms with Gasteiger partial charge in [0.15, 0.2) is 18.0 Å². The fraction of sp³-hybridized carbons (Fsp3) is 0.385. The van der Waals surface area contributed by atoms with Crippen molar-refractivity contribution < 1.29 is 24.0 Å². The second-order valence-corrected chi connectivity index (χ2v) is 4.28. The Kier molecular flexibility index (Phi) is 6.11. The zero-order chi connectivity index (χ0) is 16.7. The molecule has 9 heteroatoms. The molecule has 0 unspecified atom stereocenters. The van der Waals surface area contributed by atoms with E-state index in [0.29, 0.717) is 13.0 Å². The van der Waals surface area contributed by atoms with E-state index in [-0.39, 0.29) is 22.7 Å². The summed E-state index contributed by atoms with van der Waals surface area (Å²) in [4.78, 5) is 32.9. The molecular formula is C13H17N3O6. The summed E-state index contributed by atoms with van der Waals surface area (Å²) in [7, 11) is 1.18. The summed E-state index contributed by atoms with van der Waals surface area (Å²) in [5.41, 5.74) is 4.79. The molecule has 0 spiro atoms. The van der Waals surface area contributed by atoms with Crippen LogP contribution in [0.3, 0.4) is 0 Å². The third-order valence-corrected chi connectivity index (χ3v) is 2.69. The summed E-state index contributed by atoms with van der Waals surface area (Å²) in [5, 5.41) is 14.0. The molecule has 0 aliphatic carbocycles. The van der Waals surface area contributed by atoms with Gasteiger partial charge in [-0.3, -0.25) is 14.9 Å². The average Bonchev–Trinajstić information content (AvgIpc) is 2.49. The molecule has 0 aliphatic rings. The van der Waals surface area contributed by atoms with Crippen LogP contribution in [0, 0.1) is 10.1 Å². The second-order valence-electron chi connectivity index (χ2n) is 4.28. The van der Waals surface area contributed by atoms with E-state index in [1.165, 1.54) is 13.2 Å². The van der Waals surface area contributed by atoms with Crippen molar-refractivity contribution in [2.75, 3.05) is 25.6 Å². The van der Waals surface area contributed by atoms with E-state index in [2.05, 4.69) is 10.1 Å². The summed E-state index contributed by atoms with van der Waals surface area (Å²) < 4.78 is 9.66. The average molecular weight is 311 g/mol. The number of carbonyl (C=O) groups excluding carboxylic acids is 2. The third kappa shape index (κ3) is 4.33. The highest BCUT2D eigenvalue weighted by Crippen LogP contribution is 2.36. The molecule has 22 heavy (non-hydrogen) atoms. The molecule has 0 saturated heterocycles. The van der Waals surface area contributed by atoms with Crippen LogP contribution >= 0.6 is 0 Å². The van der Waals surface area contributed by atoms with Crippen molar-refractivity contribution in [2.45, 2.75) is 13.3 Å². The van der Waals surface area contributed by atoms with Crippen LogP contribution in [0.25, 0.3) is 0 Å². The van der Waals surface area contributed by atoms with Crippen LogP contribution in [0.2, 0.25) is 0 Å². The van der Waals surface area contributed by atoms with Crippen molar-refractivity contribution in [1.82, 2.24) is 0 Å². The first-order chi connectivity index (χ1) is 10.4. The monoisotopic (exact) mass is 311 g/mol. The Bertz CT molecular complexity index is 587. The van der Waals surface area contributed by atoms with Gasteiger partial charge in [-0.05, 0) is 12.5 Å². The topological polar surface area (TPSA) is 134 Å². The molecule has 0 saturated carbocycles. The number of ether oxygens (including phenoxy) is 2. The molecule has 0 fully saturated rings. The number of esters is 1. The molecule has 3 N–H and O–H groups in total. The highest BCUT2D eigenvalue weighted by Gasteiger charge is 2.23. The van der Waals surface area contributed by atoms with Crippen molar-refractivity contribution in [3.05, 3.63) is 27.8 Å². The SMILES string of the molecule is CCCNc1c(OCC(=O)OC)cc(C(N)=O)cc1[N+](=O)[O-]. The van der Waals surface area contributed by atoms with E-state index in [9.17, 15) is 19.7 Å². The van der Waals surface area contributed by atoms with E-state index in [4.69, 9.17) is 10.5 Å². The number of rotatable bonds is 8. The van der Waals surface area contributed by atoms with E-state index in [0.717, 1.165) is 6.07 Å². The predicted octanol–water partition coefficient (Wildman–Crippen LogP) is 1.07. The number of methoxy groups -OCH3 is 1. The number of anilines is 1. The maximum atomic E-state index is 11.3. The number of hydrogen-bond acceptors (Lipinski definition) is 7. The minimum Gasteiger partial charge on any atom is -0.479 e. The first-order valence-electron chi connectivity index (χ1n) is 6.46. The Morgan fingerprint density at radius 1 is 1.41 bits per heavy atom. The molecule has 1 aromatic carbocycles. The molecule has 0 bridgehead atoms. The number of nitro benzene ring substituents is 1. The second kappa shape index (κ2) is 7.81. The summed E-state index contributed by atoms with van der Waals surface area (Å²) >= 11 is 0. The van der Waals surface area contributed by atoms with Crippen molar-refractivity contribution >= 4 is 23.3 Å². The lowest BCUT2D eigenvalue weighted by Gasteiger charge is -2.13. The standard InChI is InChI=1S/C13H17N3O6/c1-3-4-15-12-9(16(19)20)5-8(13(14)18)6-10(12)22-7-11(17)21-2/h5-6,15H,3-4,7H2,1-2H3,(H2,14,18). The molecule has 0 heterocycles. The van der Waals surface area contributed by atoms with Crippen LogP contribution in [0.15, 0.2) is 12.1 Å². The van der Waals surface area contributed by atoms with Crippen molar-refractivity contribution in [1.29, 1.82) is 0 Å². The number of benzene rings is 1. The number of hydrogen-bond donors (Lipinski definition) is 2.